The molecule has 1 aromatic heterocycles. The van der Waals surface area contributed by atoms with Crippen LogP contribution in [0, 0.1) is 6.92 Å². The van der Waals surface area contributed by atoms with Gasteiger partial charge in [0.05, 0.1) is 5.69 Å². The van der Waals surface area contributed by atoms with Crippen molar-refractivity contribution in [1.29, 1.82) is 0 Å². The molecule has 0 saturated heterocycles. The van der Waals surface area contributed by atoms with E-state index in [4.69, 9.17) is 0 Å². The minimum atomic E-state index is 0.755. The SMILES string of the molecule is C=Cc1cnc(C)nc1CNC. The first-order chi connectivity index (χ1) is 5.77. The van der Waals surface area contributed by atoms with Gasteiger partial charge in [-0.3, -0.25) is 0 Å². The highest BCUT2D eigenvalue weighted by atomic mass is 14.9. The largest absolute Gasteiger partial charge is 0.314 e. The van der Waals surface area contributed by atoms with E-state index in [1.807, 2.05) is 14.0 Å². The van der Waals surface area contributed by atoms with Gasteiger partial charge in [0.25, 0.3) is 0 Å². The molecule has 12 heavy (non-hydrogen) atoms. The summed E-state index contributed by atoms with van der Waals surface area (Å²) in [6, 6.07) is 0. The molecule has 1 N–H and O–H groups in total. The molecule has 0 unspecified atom stereocenters. The molecule has 3 heteroatoms. The van der Waals surface area contributed by atoms with E-state index in [1.165, 1.54) is 0 Å². The van der Waals surface area contributed by atoms with Crippen molar-refractivity contribution in [2.75, 3.05) is 7.05 Å². The molecule has 0 aliphatic carbocycles. The smallest absolute Gasteiger partial charge is 0.125 e. The normalized spacial score (nSPS) is 9.83. The summed E-state index contributed by atoms with van der Waals surface area (Å²) in [4.78, 5) is 8.37. The van der Waals surface area contributed by atoms with Crippen molar-refractivity contribution in [2.45, 2.75) is 13.5 Å². The van der Waals surface area contributed by atoms with E-state index in [0.717, 1.165) is 23.6 Å². The highest BCUT2D eigenvalue weighted by Gasteiger charge is 2.00. The molecule has 0 radical (unpaired) electrons. The molecule has 3 nitrogen and oxygen atoms in total. The number of hydrogen-bond acceptors (Lipinski definition) is 3. The number of aromatic nitrogens is 2. The third-order valence-corrected chi connectivity index (χ3v) is 1.58. The molecule has 0 saturated carbocycles. The third kappa shape index (κ3) is 1.89. The Labute approximate surface area is 72.6 Å². The number of nitrogens with zero attached hydrogens (tertiary/aromatic N) is 2. The van der Waals surface area contributed by atoms with E-state index in [9.17, 15) is 0 Å². The van der Waals surface area contributed by atoms with Crippen LogP contribution in [-0.2, 0) is 6.54 Å². The fourth-order valence-electron chi connectivity index (χ4n) is 1.01. The van der Waals surface area contributed by atoms with Crippen molar-refractivity contribution < 1.29 is 0 Å². The van der Waals surface area contributed by atoms with Gasteiger partial charge in [-0.2, -0.15) is 0 Å². The Hall–Kier alpha value is -1.22. The van der Waals surface area contributed by atoms with Gasteiger partial charge in [0.15, 0.2) is 0 Å². The zero-order chi connectivity index (χ0) is 8.97. The molecule has 0 aromatic carbocycles. The quantitative estimate of drug-likeness (QED) is 0.726. The number of rotatable bonds is 3. The average molecular weight is 163 g/mol. The molecule has 0 fully saturated rings. The Bertz CT molecular complexity index is 281. The lowest BCUT2D eigenvalue weighted by molar-refractivity contribution is 0.776. The first-order valence-electron chi connectivity index (χ1n) is 3.87. The molecule has 0 amide bonds. The van der Waals surface area contributed by atoms with Crippen LogP contribution >= 0.6 is 0 Å². The van der Waals surface area contributed by atoms with E-state index < -0.39 is 0 Å². The van der Waals surface area contributed by atoms with E-state index in [0.29, 0.717) is 0 Å². The summed E-state index contributed by atoms with van der Waals surface area (Å²) in [5, 5.41) is 3.05. The molecule has 0 atom stereocenters. The summed E-state index contributed by atoms with van der Waals surface area (Å²) in [6.45, 7) is 6.33. The van der Waals surface area contributed by atoms with Gasteiger partial charge in [-0.05, 0) is 14.0 Å². The van der Waals surface area contributed by atoms with Crippen molar-refractivity contribution in [3.05, 3.63) is 29.9 Å². The number of hydrogen-bond donors (Lipinski definition) is 1. The highest BCUT2D eigenvalue weighted by molar-refractivity contribution is 5.48. The Morgan fingerprint density at radius 1 is 1.67 bits per heavy atom. The molecule has 0 spiro atoms. The van der Waals surface area contributed by atoms with Gasteiger partial charge in [0, 0.05) is 18.3 Å². The maximum absolute atomic E-state index is 4.29. The maximum Gasteiger partial charge on any atom is 0.125 e. The molecule has 1 heterocycles. The van der Waals surface area contributed by atoms with Crippen LogP contribution < -0.4 is 5.32 Å². The van der Waals surface area contributed by atoms with Crippen molar-refractivity contribution >= 4 is 6.08 Å². The fourth-order valence-corrected chi connectivity index (χ4v) is 1.01. The lowest BCUT2D eigenvalue weighted by Crippen LogP contribution is -2.09. The van der Waals surface area contributed by atoms with E-state index in [-0.39, 0.29) is 0 Å². The van der Waals surface area contributed by atoms with Crippen molar-refractivity contribution in [2.24, 2.45) is 0 Å². The van der Waals surface area contributed by atoms with Gasteiger partial charge in [-0.25, -0.2) is 9.97 Å². The Morgan fingerprint density at radius 2 is 2.42 bits per heavy atom. The summed E-state index contributed by atoms with van der Waals surface area (Å²) in [5.41, 5.74) is 2.00. The Kier molecular flexibility index (Phi) is 2.94. The standard InChI is InChI=1S/C9H13N3/c1-4-8-5-11-7(2)12-9(8)6-10-3/h4-5,10H,1,6H2,2-3H3. The van der Waals surface area contributed by atoms with Crippen molar-refractivity contribution in [3.8, 4) is 0 Å². The van der Waals surface area contributed by atoms with Crippen LogP contribution in [0.3, 0.4) is 0 Å². The van der Waals surface area contributed by atoms with Crippen molar-refractivity contribution in [1.82, 2.24) is 15.3 Å². The summed E-state index contributed by atoms with van der Waals surface area (Å²) < 4.78 is 0. The van der Waals surface area contributed by atoms with Crippen LogP contribution in [0.25, 0.3) is 6.08 Å². The average Bonchev–Trinajstić information content (AvgIpc) is 2.05. The van der Waals surface area contributed by atoms with Crippen molar-refractivity contribution in [3.63, 3.8) is 0 Å². The van der Waals surface area contributed by atoms with Crippen LogP contribution in [0.1, 0.15) is 17.1 Å². The lowest BCUT2D eigenvalue weighted by atomic mass is 10.2. The van der Waals surface area contributed by atoms with Crippen LogP contribution in [-0.4, -0.2) is 17.0 Å². The van der Waals surface area contributed by atoms with Crippen LogP contribution in [0.4, 0.5) is 0 Å². The fraction of sp³-hybridized carbons (Fsp3) is 0.333. The minimum absolute atomic E-state index is 0.755. The van der Waals surface area contributed by atoms with Gasteiger partial charge in [0.1, 0.15) is 5.82 Å². The van der Waals surface area contributed by atoms with Gasteiger partial charge in [0.2, 0.25) is 0 Å². The van der Waals surface area contributed by atoms with Crippen LogP contribution in [0.2, 0.25) is 0 Å². The van der Waals surface area contributed by atoms with Gasteiger partial charge in [-0.15, -0.1) is 0 Å². The Balaban J connectivity index is 3.03. The molecule has 1 aromatic rings. The molecular formula is C9H13N3. The topological polar surface area (TPSA) is 37.8 Å². The molecular weight excluding hydrogens is 150 g/mol. The summed E-state index contributed by atoms with van der Waals surface area (Å²) >= 11 is 0. The second-order valence-electron chi connectivity index (χ2n) is 2.55. The molecule has 64 valence electrons. The van der Waals surface area contributed by atoms with Gasteiger partial charge in [-0.1, -0.05) is 12.7 Å². The predicted molar refractivity (Wildman–Crippen MR) is 49.6 cm³/mol. The first-order valence-corrected chi connectivity index (χ1v) is 3.87. The minimum Gasteiger partial charge on any atom is -0.314 e. The van der Waals surface area contributed by atoms with E-state index in [2.05, 4.69) is 21.9 Å². The molecule has 1 rings (SSSR count). The zero-order valence-electron chi connectivity index (χ0n) is 7.46. The second kappa shape index (κ2) is 3.97. The molecule has 0 aliphatic rings. The zero-order valence-corrected chi connectivity index (χ0v) is 7.46. The van der Waals surface area contributed by atoms with Gasteiger partial charge < -0.3 is 5.32 Å². The van der Waals surface area contributed by atoms with Crippen LogP contribution in [0.5, 0.6) is 0 Å². The van der Waals surface area contributed by atoms with E-state index in [1.54, 1.807) is 12.3 Å². The maximum atomic E-state index is 4.29. The predicted octanol–water partition coefficient (Wildman–Crippen LogP) is 1.15. The molecule has 0 bridgehead atoms. The van der Waals surface area contributed by atoms with Crippen LogP contribution in [0.15, 0.2) is 12.8 Å². The van der Waals surface area contributed by atoms with Gasteiger partial charge >= 0.3 is 0 Å². The summed E-state index contributed by atoms with van der Waals surface area (Å²) in [6.07, 6.45) is 3.56. The lowest BCUT2D eigenvalue weighted by Gasteiger charge is -2.03. The van der Waals surface area contributed by atoms with E-state index >= 15 is 0 Å². The highest BCUT2D eigenvalue weighted by Crippen LogP contribution is 2.05. The second-order valence-corrected chi connectivity index (χ2v) is 2.55. The first kappa shape index (κ1) is 8.87. The number of aryl methyl sites for hydroxylation is 1. The summed E-state index contributed by atoms with van der Waals surface area (Å²) in [5.74, 6) is 0.797. The Morgan fingerprint density at radius 3 is 3.00 bits per heavy atom. The number of nitrogens with one attached hydrogen (secondary N) is 1. The molecule has 0 aliphatic heterocycles. The summed E-state index contributed by atoms with van der Waals surface area (Å²) in [7, 11) is 1.89. The third-order valence-electron chi connectivity index (χ3n) is 1.58. The monoisotopic (exact) mass is 163 g/mol.